The third-order valence-corrected chi connectivity index (χ3v) is 3.44. The number of aromatic nitrogens is 2. The fourth-order valence-corrected chi connectivity index (χ4v) is 2.15. The second kappa shape index (κ2) is 8.14. The van der Waals surface area contributed by atoms with E-state index < -0.39 is 18.1 Å². The molecule has 0 fully saturated rings. The van der Waals surface area contributed by atoms with E-state index in [2.05, 4.69) is 20.0 Å². The molecule has 0 saturated heterocycles. The molecule has 0 unspecified atom stereocenters. The monoisotopic (exact) mass is 331 g/mol. The Balaban J connectivity index is 1.99. The Morgan fingerprint density at radius 1 is 1.25 bits per heavy atom. The molecule has 1 aromatic heterocycles. The molecule has 0 aliphatic carbocycles. The fourth-order valence-electron chi connectivity index (χ4n) is 2.15. The van der Waals surface area contributed by atoms with Crippen LogP contribution < -0.4 is 5.32 Å². The van der Waals surface area contributed by atoms with Crippen molar-refractivity contribution in [2.24, 2.45) is 5.92 Å². The topological polar surface area (TPSA) is 93.3 Å². The van der Waals surface area contributed by atoms with Gasteiger partial charge in [-0.25, -0.2) is 14.6 Å². The van der Waals surface area contributed by atoms with Crippen LogP contribution in [0.4, 0.5) is 4.79 Å². The van der Waals surface area contributed by atoms with Gasteiger partial charge in [0.15, 0.2) is 5.69 Å². The van der Waals surface area contributed by atoms with Crippen LogP contribution >= 0.6 is 0 Å². The molecule has 0 spiro atoms. The van der Waals surface area contributed by atoms with E-state index in [9.17, 15) is 9.59 Å². The van der Waals surface area contributed by atoms with Crippen molar-refractivity contribution >= 4 is 12.1 Å². The van der Waals surface area contributed by atoms with E-state index in [0.29, 0.717) is 5.82 Å². The zero-order valence-electron chi connectivity index (χ0n) is 13.9. The van der Waals surface area contributed by atoms with E-state index in [4.69, 9.17) is 4.74 Å². The number of methoxy groups -OCH3 is 1. The molecule has 7 nitrogen and oxygen atoms in total. The summed E-state index contributed by atoms with van der Waals surface area (Å²) >= 11 is 0. The molecule has 1 heterocycles. The van der Waals surface area contributed by atoms with Crippen LogP contribution in [-0.2, 0) is 16.1 Å². The Kier molecular flexibility index (Phi) is 5.95. The van der Waals surface area contributed by atoms with E-state index in [1.807, 2.05) is 44.2 Å². The molecule has 0 radical (unpaired) electrons. The summed E-state index contributed by atoms with van der Waals surface area (Å²) in [6.07, 6.45) is 0.904. The van der Waals surface area contributed by atoms with Crippen molar-refractivity contribution in [3.8, 4) is 0 Å². The van der Waals surface area contributed by atoms with Crippen LogP contribution in [0.2, 0.25) is 0 Å². The smallest absolute Gasteiger partial charge is 0.408 e. The molecule has 2 rings (SSSR count). The van der Waals surface area contributed by atoms with Gasteiger partial charge in [0.1, 0.15) is 12.4 Å². The van der Waals surface area contributed by atoms with Gasteiger partial charge in [0.05, 0.1) is 13.2 Å². The third kappa shape index (κ3) is 4.58. The lowest BCUT2D eigenvalue weighted by Crippen LogP contribution is -2.33. The second-order valence-corrected chi connectivity index (χ2v) is 5.59. The van der Waals surface area contributed by atoms with Gasteiger partial charge < -0.3 is 19.8 Å². The van der Waals surface area contributed by atoms with Crippen LogP contribution in [0.3, 0.4) is 0 Å². The number of ether oxygens (including phenoxy) is 2. The van der Waals surface area contributed by atoms with Gasteiger partial charge >= 0.3 is 12.1 Å². The fraction of sp³-hybridized carbons (Fsp3) is 0.353. The van der Waals surface area contributed by atoms with Crippen molar-refractivity contribution in [1.29, 1.82) is 0 Å². The van der Waals surface area contributed by atoms with E-state index >= 15 is 0 Å². The highest BCUT2D eigenvalue weighted by Gasteiger charge is 2.23. The summed E-state index contributed by atoms with van der Waals surface area (Å²) < 4.78 is 9.85. The third-order valence-electron chi connectivity index (χ3n) is 3.44. The predicted octanol–water partition coefficient (Wildman–Crippen LogP) is 2.82. The molecule has 2 N–H and O–H groups in total. The summed E-state index contributed by atoms with van der Waals surface area (Å²) in [5.41, 5.74) is 1.07. The van der Waals surface area contributed by atoms with Crippen molar-refractivity contribution in [2.45, 2.75) is 26.5 Å². The minimum atomic E-state index is -0.548. The molecule has 1 atom stereocenters. The van der Waals surface area contributed by atoms with E-state index in [-0.39, 0.29) is 18.2 Å². The highest BCUT2D eigenvalue weighted by atomic mass is 16.5. The Labute approximate surface area is 140 Å². The van der Waals surface area contributed by atoms with Crippen LogP contribution in [-0.4, -0.2) is 29.1 Å². The molecule has 1 aromatic carbocycles. The number of nitrogens with zero attached hydrogens (tertiary/aromatic N) is 1. The first kappa shape index (κ1) is 17.5. The Morgan fingerprint density at radius 3 is 2.58 bits per heavy atom. The van der Waals surface area contributed by atoms with Gasteiger partial charge in [-0.05, 0) is 11.5 Å². The van der Waals surface area contributed by atoms with Crippen molar-refractivity contribution in [3.05, 3.63) is 53.6 Å². The number of carbonyl (C=O) groups excluding carboxylic acids is 2. The number of hydrogen-bond donors (Lipinski definition) is 2. The number of rotatable bonds is 6. The van der Waals surface area contributed by atoms with Gasteiger partial charge in [0.2, 0.25) is 0 Å². The molecular formula is C17H21N3O4. The highest BCUT2D eigenvalue weighted by Crippen LogP contribution is 2.19. The van der Waals surface area contributed by atoms with Crippen molar-refractivity contribution < 1.29 is 19.1 Å². The minimum Gasteiger partial charge on any atom is -0.464 e. The number of H-pyrrole nitrogens is 1. The van der Waals surface area contributed by atoms with Gasteiger partial charge in [0.25, 0.3) is 0 Å². The van der Waals surface area contributed by atoms with Crippen LogP contribution in [0.25, 0.3) is 0 Å². The number of nitrogens with one attached hydrogen (secondary N) is 2. The quantitative estimate of drug-likeness (QED) is 0.794. The van der Waals surface area contributed by atoms with E-state index in [0.717, 1.165) is 5.56 Å². The minimum absolute atomic E-state index is 0.0472. The summed E-state index contributed by atoms with van der Waals surface area (Å²) in [6.45, 7) is 4.05. The van der Waals surface area contributed by atoms with Gasteiger partial charge in [0, 0.05) is 6.20 Å². The number of alkyl carbamates (subject to hydrolysis) is 1. The Hall–Kier alpha value is -2.83. The molecule has 7 heteroatoms. The lowest BCUT2D eigenvalue weighted by molar-refractivity contribution is 0.0594. The maximum atomic E-state index is 12.0. The van der Waals surface area contributed by atoms with Crippen molar-refractivity contribution in [3.63, 3.8) is 0 Å². The molecule has 0 bridgehead atoms. The molecule has 0 aliphatic heterocycles. The summed E-state index contributed by atoms with van der Waals surface area (Å²) in [5.74, 6) is -0.0142. The number of benzene rings is 1. The van der Waals surface area contributed by atoms with Crippen molar-refractivity contribution in [2.75, 3.05) is 7.11 Å². The van der Waals surface area contributed by atoms with Gasteiger partial charge in [-0.15, -0.1) is 0 Å². The first-order valence-corrected chi connectivity index (χ1v) is 7.62. The lowest BCUT2D eigenvalue weighted by Gasteiger charge is -2.20. The normalized spacial score (nSPS) is 11.8. The van der Waals surface area contributed by atoms with Gasteiger partial charge in [-0.3, -0.25) is 0 Å². The van der Waals surface area contributed by atoms with Gasteiger partial charge in [-0.1, -0.05) is 44.2 Å². The van der Waals surface area contributed by atoms with Crippen molar-refractivity contribution in [1.82, 2.24) is 15.3 Å². The first-order valence-electron chi connectivity index (χ1n) is 7.62. The molecule has 1 amide bonds. The summed E-state index contributed by atoms with van der Waals surface area (Å²) in [6, 6.07) is 9.00. The maximum absolute atomic E-state index is 12.0. The van der Waals surface area contributed by atoms with E-state index in [1.165, 1.54) is 13.3 Å². The number of esters is 1. The molecule has 24 heavy (non-hydrogen) atoms. The largest absolute Gasteiger partial charge is 0.464 e. The van der Waals surface area contributed by atoms with Gasteiger partial charge in [-0.2, -0.15) is 0 Å². The average molecular weight is 331 g/mol. The summed E-state index contributed by atoms with van der Waals surface area (Å²) in [5, 5.41) is 2.77. The zero-order valence-corrected chi connectivity index (χ0v) is 13.9. The van der Waals surface area contributed by atoms with Crippen LogP contribution in [0.5, 0.6) is 0 Å². The average Bonchev–Trinajstić information content (AvgIpc) is 3.07. The van der Waals surface area contributed by atoms with Crippen LogP contribution in [0, 0.1) is 5.92 Å². The SMILES string of the molecule is COC(=O)c1c[nH]c([C@@H](NC(=O)OCc2ccccc2)C(C)C)n1. The van der Waals surface area contributed by atoms with E-state index in [1.54, 1.807) is 0 Å². The second-order valence-electron chi connectivity index (χ2n) is 5.59. The number of imidazole rings is 1. The number of carbonyl (C=O) groups is 2. The highest BCUT2D eigenvalue weighted by molar-refractivity contribution is 5.86. The van der Waals surface area contributed by atoms with Crippen LogP contribution in [0.1, 0.15) is 41.8 Å². The first-order chi connectivity index (χ1) is 11.5. The Bertz CT molecular complexity index is 682. The van der Waals surface area contributed by atoms with Crippen LogP contribution in [0.15, 0.2) is 36.5 Å². The molecule has 128 valence electrons. The molecular weight excluding hydrogens is 310 g/mol. The maximum Gasteiger partial charge on any atom is 0.408 e. The zero-order chi connectivity index (χ0) is 17.5. The molecule has 2 aromatic rings. The lowest BCUT2D eigenvalue weighted by atomic mass is 10.0. The summed E-state index contributed by atoms with van der Waals surface area (Å²) in [7, 11) is 1.29. The number of hydrogen-bond acceptors (Lipinski definition) is 5. The number of amides is 1. The number of aromatic amines is 1. The Morgan fingerprint density at radius 2 is 1.96 bits per heavy atom. The predicted molar refractivity (Wildman–Crippen MR) is 87.3 cm³/mol. The standard InChI is InChI=1S/C17H21N3O4/c1-11(2)14(15-18-9-13(19-15)16(21)23-3)20-17(22)24-10-12-7-5-4-6-8-12/h4-9,11,14H,10H2,1-3H3,(H,18,19)(H,20,22)/t14-/m0/s1. The molecule has 0 saturated carbocycles. The molecule has 0 aliphatic rings. The summed E-state index contributed by atoms with van der Waals surface area (Å²) in [4.78, 5) is 30.6.